The highest BCUT2D eigenvalue weighted by Gasteiger charge is 2.34. The summed E-state index contributed by atoms with van der Waals surface area (Å²) in [5, 5.41) is 0. The molecule has 0 aliphatic heterocycles. The van der Waals surface area contributed by atoms with Crippen LogP contribution in [0.3, 0.4) is 0 Å². The molecule has 2 saturated carbocycles. The summed E-state index contributed by atoms with van der Waals surface area (Å²) >= 11 is 1.87. The van der Waals surface area contributed by atoms with Gasteiger partial charge in [0.05, 0.1) is 11.2 Å². The lowest BCUT2D eigenvalue weighted by molar-refractivity contribution is 0.297. The maximum absolute atomic E-state index is 4.38. The van der Waals surface area contributed by atoms with E-state index in [0.717, 1.165) is 17.8 Å². The third-order valence-corrected chi connectivity index (χ3v) is 5.31. The summed E-state index contributed by atoms with van der Waals surface area (Å²) in [6, 6.07) is 0. The highest BCUT2D eigenvalue weighted by atomic mass is 32.1. The van der Waals surface area contributed by atoms with Crippen molar-refractivity contribution in [3.63, 3.8) is 0 Å². The van der Waals surface area contributed by atoms with Crippen molar-refractivity contribution in [1.82, 2.24) is 4.98 Å². The SMILES string of the molecule is Cc1ncsc1C1CCC(C2CC2)CC1. The lowest BCUT2D eigenvalue weighted by Gasteiger charge is -2.28. The first-order valence-electron chi connectivity index (χ1n) is 6.24. The summed E-state index contributed by atoms with van der Waals surface area (Å²) in [7, 11) is 0. The van der Waals surface area contributed by atoms with Crippen molar-refractivity contribution in [1.29, 1.82) is 0 Å². The third kappa shape index (κ3) is 1.96. The standard InChI is InChI=1S/C13H19NS/c1-9-13(15-8-14-9)12-6-4-11(5-7-12)10-2-3-10/h8,10-12H,2-7H2,1H3. The Labute approximate surface area is 95.9 Å². The van der Waals surface area contributed by atoms with Gasteiger partial charge in [-0.2, -0.15) is 0 Å². The van der Waals surface area contributed by atoms with Crippen LogP contribution in [0.4, 0.5) is 0 Å². The highest BCUT2D eigenvalue weighted by molar-refractivity contribution is 7.09. The maximum atomic E-state index is 4.38. The molecule has 0 N–H and O–H groups in total. The number of aryl methyl sites for hydroxylation is 1. The zero-order valence-electron chi connectivity index (χ0n) is 9.41. The van der Waals surface area contributed by atoms with E-state index in [4.69, 9.17) is 0 Å². The second-order valence-electron chi connectivity index (χ2n) is 5.25. The molecule has 2 aliphatic rings. The molecule has 0 spiro atoms. The predicted octanol–water partition coefficient (Wildman–Crippen LogP) is 4.14. The van der Waals surface area contributed by atoms with Crippen LogP contribution in [-0.2, 0) is 0 Å². The Morgan fingerprint density at radius 3 is 2.13 bits per heavy atom. The van der Waals surface area contributed by atoms with Gasteiger partial charge in [-0.3, -0.25) is 0 Å². The first-order chi connectivity index (χ1) is 7.34. The van der Waals surface area contributed by atoms with Gasteiger partial charge in [0.15, 0.2) is 0 Å². The molecule has 3 rings (SSSR count). The van der Waals surface area contributed by atoms with Crippen molar-refractivity contribution in [2.75, 3.05) is 0 Å². The van der Waals surface area contributed by atoms with Gasteiger partial charge in [0.25, 0.3) is 0 Å². The Bertz CT molecular complexity index is 332. The van der Waals surface area contributed by atoms with E-state index in [2.05, 4.69) is 11.9 Å². The molecule has 1 heterocycles. The molecule has 0 radical (unpaired) electrons. The number of hydrogen-bond donors (Lipinski definition) is 0. The second kappa shape index (κ2) is 3.89. The molecule has 2 heteroatoms. The van der Waals surface area contributed by atoms with Crippen molar-refractivity contribution in [2.24, 2.45) is 11.8 Å². The van der Waals surface area contributed by atoms with Gasteiger partial charge in [-0.1, -0.05) is 0 Å². The van der Waals surface area contributed by atoms with Gasteiger partial charge in [-0.15, -0.1) is 11.3 Å². The molecule has 2 aliphatic carbocycles. The van der Waals surface area contributed by atoms with E-state index in [1.165, 1.54) is 44.2 Å². The molecule has 0 unspecified atom stereocenters. The van der Waals surface area contributed by atoms with Crippen LogP contribution >= 0.6 is 11.3 Å². The Kier molecular flexibility index (Phi) is 2.55. The van der Waals surface area contributed by atoms with Crippen LogP contribution in [0.5, 0.6) is 0 Å². The van der Waals surface area contributed by atoms with Crippen molar-refractivity contribution in [2.45, 2.75) is 51.4 Å². The average Bonchev–Trinajstić information content (AvgIpc) is 3.02. The van der Waals surface area contributed by atoms with E-state index in [0.29, 0.717) is 0 Å². The monoisotopic (exact) mass is 221 g/mol. The zero-order chi connectivity index (χ0) is 10.3. The Morgan fingerprint density at radius 2 is 1.67 bits per heavy atom. The lowest BCUT2D eigenvalue weighted by atomic mass is 9.79. The first-order valence-corrected chi connectivity index (χ1v) is 7.12. The van der Waals surface area contributed by atoms with Gasteiger partial charge in [0, 0.05) is 4.88 Å². The van der Waals surface area contributed by atoms with Gasteiger partial charge >= 0.3 is 0 Å². The topological polar surface area (TPSA) is 12.9 Å². The molecule has 0 amide bonds. The highest BCUT2D eigenvalue weighted by Crippen LogP contribution is 2.47. The fourth-order valence-corrected chi connectivity index (χ4v) is 4.10. The number of hydrogen-bond acceptors (Lipinski definition) is 2. The largest absolute Gasteiger partial charge is 0.250 e. The molecule has 2 fully saturated rings. The maximum Gasteiger partial charge on any atom is 0.0797 e. The first kappa shape index (κ1) is 9.83. The summed E-state index contributed by atoms with van der Waals surface area (Å²) in [6.45, 7) is 2.17. The fraction of sp³-hybridized carbons (Fsp3) is 0.769. The van der Waals surface area contributed by atoms with Crippen LogP contribution in [0.15, 0.2) is 5.51 Å². The van der Waals surface area contributed by atoms with Crippen LogP contribution in [0.2, 0.25) is 0 Å². The molecular weight excluding hydrogens is 202 g/mol. The van der Waals surface area contributed by atoms with Gasteiger partial charge in [0.1, 0.15) is 0 Å². The summed E-state index contributed by atoms with van der Waals surface area (Å²) in [6.07, 6.45) is 8.84. The zero-order valence-corrected chi connectivity index (χ0v) is 10.2. The summed E-state index contributed by atoms with van der Waals surface area (Å²) in [5.74, 6) is 3.04. The quantitative estimate of drug-likeness (QED) is 0.731. The normalized spacial score (nSPS) is 31.8. The van der Waals surface area contributed by atoms with E-state index >= 15 is 0 Å². The average molecular weight is 221 g/mol. The van der Waals surface area contributed by atoms with Gasteiger partial charge in [-0.05, 0) is 63.2 Å². The number of thiazole rings is 1. The van der Waals surface area contributed by atoms with E-state index in [1.807, 2.05) is 16.8 Å². The minimum absolute atomic E-state index is 0.840. The summed E-state index contributed by atoms with van der Waals surface area (Å²) < 4.78 is 0. The smallest absolute Gasteiger partial charge is 0.0797 e. The van der Waals surface area contributed by atoms with Crippen molar-refractivity contribution < 1.29 is 0 Å². The Hall–Kier alpha value is -0.370. The summed E-state index contributed by atoms with van der Waals surface area (Å²) in [5.41, 5.74) is 3.30. The molecule has 1 aromatic heterocycles. The minimum Gasteiger partial charge on any atom is -0.250 e. The van der Waals surface area contributed by atoms with Gasteiger partial charge in [-0.25, -0.2) is 4.98 Å². The van der Waals surface area contributed by atoms with Crippen LogP contribution < -0.4 is 0 Å². The molecule has 15 heavy (non-hydrogen) atoms. The summed E-state index contributed by atoms with van der Waals surface area (Å²) in [4.78, 5) is 5.95. The van der Waals surface area contributed by atoms with Crippen molar-refractivity contribution in [3.05, 3.63) is 16.1 Å². The molecule has 0 aromatic carbocycles. The van der Waals surface area contributed by atoms with Crippen molar-refractivity contribution >= 4 is 11.3 Å². The Morgan fingerprint density at radius 1 is 1.07 bits per heavy atom. The van der Waals surface area contributed by atoms with E-state index in [1.54, 1.807) is 4.88 Å². The van der Waals surface area contributed by atoms with Gasteiger partial charge < -0.3 is 0 Å². The molecule has 0 atom stereocenters. The minimum atomic E-state index is 0.840. The predicted molar refractivity (Wildman–Crippen MR) is 64.3 cm³/mol. The van der Waals surface area contributed by atoms with E-state index < -0.39 is 0 Å². The number of rotatable bonds is 2. The number of aromatic nitrogens is 1. The lowest BCUT2D eigenvalue weighted by Crippen LogP contribution is -2.14. The van der Waals surface area contributed by atoms with Crippen LogP contribution in [0.25, 0.3) is 0 Å². The second-order valence-corrected chi connectivity index (χ2v) is 6.14. The molecule has 0 saturated heterocycles. The van der Waals surface area contributed by atoms with Crippen LogP contribution in [-0.4, -0.2) is 4.98 Å². The molecule has 1 aromatic rings. The Balaban J connectivity index is 1.63. The van der Waals surface area contributed by atoms with E-state index in [9.17, 15) is 0 Å². The molecular formula is C13H19NS. The fourth-order valence-electron chi connectivity index (χ4n) is 3.12. The van der Waals surface area contributed by atoms with Crippen LogP contribution in [0, 0.1) is 18.8 Å². The van der Waals surface area contributed by atoms with E-state index in [-0.39, 0.29) is 0 Å². The molecule has 0 bridgehead atoms. The molecule has 1 nitrogen and oxygen atoms in total. The third-order valence-electron chi connectivity index (χ3n) is 4.21. The molecule has 82 valence electrons. The number of nitrogens with zero attached hydrogens (tertiary/aromatic N) is 1. The van der Waals surface area contributed by atoms with Crippen molar-refractivity contribution in [3.8, 4) is 0 Å². The van der Waals surface area contributed by atoms with Crippen LogP contribution in [0.1, 0.15) is 55.0 Å². The van der Waals surface area contributed by atoms with Gasteiger partial charge in [0.2, 0.25) is 0 Å².